The Morgan fingerprint density at radius 1 is 1.53 bits per heavy atom. The predicted octanol–water partition coefficient (Wildman–Crippen LogP) is 1.67. The van der Waals surface area contributed by atoms with Crippen molar-refractivity contribution in [1.82, 2.24) is 9.78 Å². The maximum atomic E-state index is 11.2. The Morgan fingerprint density at radius 3 is 2.67 bits per heavy atom. The number of hydrogen-bond acceptors (Lipinski definition) is 2. The summed E-state index contributed by atoms with van der Waals surface area (Å²) in [5, 5.41) is 2.76. The third kappa shape index (κ3) is 2.81. The third-order valence-electron chi connectivity index (χ3n) is 2.56. The lowest BCUT2D eigenvalue weighted by Crippen LogP contribution is -2.17. The summed E-state index contributed by atoms with van der Waals surface area (Å²) >= 11 is 0. The normalized spacial score (nSPS) is 12.7. The molecule has 4 heteroatoms. The summed E-state index contributed by atoms with van der Waals surface area (Å²) in [7, 11) is 0. The van der Waals surface area contributed by atoms with Gasteiger partial charge in [-0.3, -0.25) is 19.4 Å². The van der Waals surface area contributed by atoms with Gasteiger partial charge in [0.25, 0.3) is 5.56 Å². The summed E-state index contributed by atoms with van der Waals surface area (Å²) in [6.45, 7) is 5.60. The lowest BCUT2D eigenvalue weighted by molar-refractivity contribution is -0.117. The number of H-pyrrole nitrogens is 1. The molecule has 1 aromatic rings. The van der Waals surface area contributed by atoms with Gasteiger partial charge in [0.1, 0.15) is 5.78 Å². The van der Waals surface area contributed by atoms with Gasteiger partial charge in [0.2, 0.25) is 0 Å². The molecule has 0 saturated heterocycles. The molecule has 1 atom stereocenters. The molecule has 0 aliphatic rings. The monoisotopic (exact) mass is 210 g/mol. The average Bonchev–Trinajstić information content (AvgIpc) is 2.55. The molecular formula is C11H18N2O2. The molecule has 1 N–H and O–H groups in total. The maximum absolute atomic E-state index is 11.2. The fraction of sp³-hybridized carbons (Fsp3) is 0.636. The minimum atomic E-state index is -0.0890. The van der Waals surface area contributed by atoms with E-state index in [1.807, 2.05) is 18.5 Å². The summed E-state index contributed by atoms with van der Waals surface area (Å²) in [6.07, 6.45) is 2.12. The molecule has 4 nitrogen and oxygen atoms in total. The molecular weight excluding hydrogens is 192 g/mol. The third-order valence-corrected chi connectivity index (χ3v) is 2.56. The highest BCUT2D eigenvalue weighted by Gasteiger charge is 2.14. The van der Waals surface area contributed by atoms with Crippen molar-refractivity contribution in [2.45, 2.75) is 46.1 Å². The highest BCUT2D eigenvalue weighted by atomic mass is 16.1. The highest BCUT2D eigenvalue weighted by Crippen LogP contribution is 2.16. The highest BCUT2D eigenvalue weighted by molar-refractivity contribution is 5.75. The minimum Gasteiger partial charge on any atom is -0.300 e. The molecule has 0 spiro atoms. The van der Waals surface area contributed by atoms with Gasteiger partial charge in [0, 0.05) is 18.2 Å². The molecule has 0 radical (unpaired) electrons. The molecule has 1 rings (SSSR count). The van der Waals surface area contributed by atoms with Gasteiger partial charge in [-0.15, -0.1) is 0 Å². The van der Waals surface area contributed by atoms with E-state index in [4.69, 9.17) is 0 Å². The van der Waals surface area contributed by atoms with Crippen molar-refractivity contribution >= 4 is 5.78 Å². The average molecular weight is 210 g/mol. The number of rotatable bonds is 5. The zero-order valence-electron chi connectivity index (χ0n) is 9.54. The number of nitrogens with zero attached hydrogens (tertiary/aromatic N) is 1. The van der Waals surface area contributed by atoms with E-state index < -0.39 is 0 Å². The van der Waals surface area contributed by atoms with E-state index >= 15 is 0 Å². The molecule has 1 aromatic heterocycles. The summed E-state index contributed by atoms with van der Waals surface area (Å²) in [5.74, 6) is 0.151. The van der Waals surface area contributed by atoms with Crippen LogP contribution < -0.4 is 5.56 Å². The molecule has 0 aliphatic heterocycles. The fourth-order valence-corrected chi connectivity index (χ4v) is 1.79. The number of ketones is 1. The molecule has 0 bridgehead atoms. The molecule has 0 amide bonds. The molecule has 0 saturated carbocycles. The van der Waals surface area contributed by atoms with Crippen LogP contribution in [-0.4, -0.2) is 15.6 Å². The van der Waals surface area contributed by atoms with Gasteiger partial charge in [0.15, 0.2) is 0 Å². The fourth-order valence-electron chi connectivity index (χ4n) is 1.79. The molecule has 1 heterocycles. The number of carbonyl (C=O) groups is 1. The van der Waals surface area contributed by atoms with Crippen molar-refractivity contribution < 1.29 is 4.79 Å². The van der Waals surface area contributed by atoms with Gasteiger partial charge < -0.3 is 0 Å². The van der Waals surface area contributed by atoms with E-state index in [1.54, 1.807) is 13.0 Å². The number of aromatic nitrogens is 2. The lowest BCUT2D eigenvalue weighted by atomic mass is 10.1. The van der Waals surface area contributed by atoms with Gasteiger partial charge in [-0.1, -0.05) is 13.8 Å². The molecule has 84 valence electrons. The van der Waals surface area contributed by atoms with E-state index in [0.717, 1.165) is 18.5 Å². The first-order valence-corrected chi connectivity index (χ1v) is 5.38. The van der Waals surface area contributed by atoms with Crippen LogP contribution in [-0.2, 0) is 11.2 Å². The Kier molecular flexibility index (Phi) is 3.88. The summed E-state index contributed by atoms with van der Waals surface area (Å²) < 4.78 is 1.84. The van der Waals surface area contributed by atoms with Crippen molar-refractivity contribution in [3.63, 3.8) is 0 Å². The molecule has 0 fully saturated rings. The minimum absolute atomic E-state index is 0.0835. The van der Waals surface area contributed by atoms with Crippen molar-refractivity contribution in [1.29, 1.82) is 0 Å². The van der Waals surface area contributed by atoms with Gasteiger partial charge >= 0.3 is 0 Å². The van der Waals surface area contributed by atoms with Crippen LogP contribution in [0.3, 0.4) is 0 Å². The van der Waals surface area contributed by atoms with Crippen LogP contribution in [0.5, 0.6) is 0 Å². The first kappa shape index (κ1) is 11.8. The van der Waals surface area contributed by atoms with E-state index in [0.29, 0.717) is 6.42 Å². The number of aryl methyl sites for hydroxylation is 1. The van der Waals surface area contributed by atoms with Crippen molar-refractivity contribution in [2.75, 3.05) is 0 Å². The van der Waals surface area contributed by atoms with Gasteiger partial charge in [-0.25, -0.2) is 0 Å². The first-order valence-electron chi connectivity index (χ1n) is 5.38. The van der Waals surface area contributed by atoms with E-state index in [2.05, 4.69) is 5.10 Å². The smallest absolute Gasteiger partial charge is 0.264 e. The standard InChI is InChI=1S/C11H18N2O2/c1-4-9(6-8(3)14)13-10(5-2)7-11(15)12-13/h7,9H,4-6H2,1-3H3,(H,12,15)/t9-/m1/s1. The zero-order chi connectivity index (χ0) is 11.4. The Labute approximate surface area is 89.3 Å². The molecule has 0 aromatic carbocycles. The largest absolute Gasteiger partial charge is 0.300 e. The zero-order valence-corrected chi connectivity index (χ0v) is 9.54. The van der Waals surface area contributed by atoms with E-state index in [9.17, 15) is 9.59 Å². The Hall–Kier alpha value is -1.32. The lowest BCUT2D eigenvalue weighted by Gasteiger charge is -2.17. The number of carbonyl (C=O) groups excluding carboxylic acids is 1. The van der Waals surface area contributed by atoms with Crippen molar-refractivity contribution in [3.05, 3.63) is 22.1 Å². The second kappa shape index (κ2) is 4.96. The number of Topliss-reactive ketones (excluding diaryl/α,β-unsaturated/α-hetero) is 1. The number of aromatic amines is 1. The van der Waals surface area contributed by atoms with E-state index in [-0.39, 0.29) is 17.4 Å². The van der Waals surface area contributed by atoms with Crippen LogP contribution in [0.1, 0.15) is 45.3 Å². The van der Waals surface area contributed by atoms with Crippen LogP contribution in [0.2, 0.25) is 0 Å². The topological polar surface area (TPSA) is 54.9 Å². The van der Waals surface area contributed by atoms with E-state index in [1.165, 1.54) is 0 Å². The van der Waals surface area contributed by atoms with Crippen LogP contribution in [0.15, 0.2) is 10.9 Å². The first-order chi connectivity index (χ1) is 7.08. The van der Waals surface area contributed by atoms with Crippen LogP contribution in [0, 0.1) is 0 Å². The summed E-state index contributed by atoms with van der Waals surface area (Å²) in [5.41, 5.74) is 0.877. The molecule has 0 unspecified atom stereocenters. The van der Waals surface area contributed by atoms with Gasteiger partial charge in [-0.05, 0) is 19.8 Å². The Bertz CT molecular complexity index is 390. The van der Waals surface area contributed by atoms with Crippen LogP contribution in [0.4, 0.5) is 0 Å². The maximum Gasteiger partial charge on any atom is 0.264 e. The quantitative estimate of drug-likeness (QED) is 0.803. The van der Waals surface area contributed by atoms with Gasteiger partial charge in [-0.2, -0.15) is 0 Å². The number of hydrogen-bond donors (Lipinski definition) is 1. The Morgan fingerprint density at radius 2 is 2.20 bits per heavy atom. The second-order valence-electron chi connectivity index (χ2n) is 3.80. The van der Waals surface area contributed by atoms with Gasteiger partial charge in [0.05, 0.1) is 6.04 Å². The summed E-state index contributed by atoms with van der Waals surface area (Å²) in [6, 6.07) is 1.68. The SMILES string of the molecule is CCc1cc(=O)[nH]n1[C@H](CC)CC(C)=O. The van der Waals surface area contributed by atoms with Crippen LogP contribution >= 0.6 is 0 Å². The second-order valence-corrected chi connectivity index (χ2v) is 3.80. The Balaban J connectivity index is 2.99. The number of nitrogens with one attached hydrogen (secondary N) is 1. The molecule has 0 aliphatic carbocycles. The molecule has 15 heavy (non-hydrogen) atoms. The predicted molar refractivity (Wildman–Crippen MR) is 59.1 cm³/mol. The van der Waals surface area contributed by atoms with Crippen molar-refractivity contribution in [2.24, 2.45) is 0 Å². The summed E-state index contributed by atoms with van der Waals surface area (Å²) in [4.78, 5) is 22.3. The van der Waals surface area contributed by atoms with Crippen LogP contribution in [0.25, 0.3) is 0 Å². The van der Waals surface area contributed by atoms with Crippen molar-refractivity contribution in [3.8, 4) is 0 Å².